The number of alkyl halides is 3. The highest BCUT2D eigenvalue weighted by atomic mass is 32.1. The Balaban J connectivity index is 1.83. The van der Waals surface area contributed by atoms with Crippen LogP contribution in [0, 0.1) is 0 Å². The molecule has 0 fully saturated rings. The van der Waals surface area contributed by atoms with Gasteiger partial charge in [0.2, 0.25) is 41.4 Å². The fraction of sp³-hybridized carbons (Fsp3) is 0.481. The van der Waals surface area contributed by atoms with Gasteiger partial charge in [-0.1, -0.05) is 0 Å². The van der Waals surface area contributed by atoms with E-state index in [1.807, 2.05) is 0 Å². The molecule has 0 saturated carbocycles. The molecule has 14 N–H and O–H groups in total. The minimum Gasteiger partial charge on any atom is -0.481 e. The van der Waals surface area contributed by atoms with E-state index in [4.69, 9.17) is 5.73 Å². The summed E-state index contributed by atoms with van der Waals surface area (Å²) in [7, 11) is 0. The van der Waals surface area contributed by atoms with Crippen LogP contribution in [0.1, 0.15) is 114 Å². The van der Waals surface area contributed by atoms with Crippen molar-refractivity contribution in [1.29, 1.82) is 0 Å². The fourth-order valence-corrected chi connectivity index (χ4v) is 8.19. The van der Waals surface area contributed by atoms with Gasteiger partial charge in [-0.15, -0.1) is 0 Å². The summed E-state index contributed by atoms with van der Waals surface area (Å²) < 4.78 is 41.4. The predicted molar refractivity (Wildman–Crippen MR) is 301 cm³/mol. The number of anilines is 2. The molecule has 37 heteroatoms. The van der Waals surface area contributed by atoms with Crippen molar-refractivity contribution >= 4 is 124 Å². The van der Waals surface area contributed by atoms with E-state index in [0.29, 0.717) is 0 Å². The predicted octanol–water partition coefficient (Wildman–Crippen LogP) is -1.89. The molecule has 0 unspecified atom stereocenters. The Hall–Kier alpha value is -9.97. The summed E-state index contributed by atoms with van der Waals surface area (Å²) >= 11 is 3.87. The van der Waals surface area contributed by atoms with Crippen LogP contribution in [0.2, 0.25) is 0 Å². The summed E-state index contributed by atoms with van der Waals surface area (Å²) in [6.45, 7) is 2.45. The monoisotopic (exact) mass is 1280 g/mol. The number of carboxylic acid groups (broad SMARTS) is 4. The van der Waals surface area contributed by atoms with Crippen molar-refractivity contribution < 1.29 is 106 Å². The molecule has 3 aromatic rings. The molecular weight excluding hydrogens is 1220 g/mol. The van der Waals surface area contributed by atoms with Crippen molar-refractivity contribution in [2.24, 2.45) is 0 Å². The van der Waals surface area contributed by atoms with Gasteiger partial charge in [0.25, 0.3) is 11.5 Å². The number of halogens is 3. The molecule has 1 aromatic carbocycles. The number of amides is 8. The van der Waals surface area contributed by atoms with E-state index in [1.165, 1.54) is 0 Å². The number of hydrogen-bond donors (Lipinski definition) is 14. The third-order valence-corrected chi connectivity index (χ3v) is 13.0. The molecule has 89 heavy (non-hydrogen) atoms. The quantitative estimate of drug-likeness (QED) is 0.0281. The normalized spacial score (nSPS) is 13.5. The number of benzene rings is 1. The summed E-state index contributed by atoms with van der Waals surface area (Å²) in [5.41, 5.74) is 2.80. The zero-order chi connectivity index (χ0) is 67.0. The Kier molecular flexibility index (Phi) is 28.3. The Morgan fingerprint density at radius 2 is 0.955 bits per heavy atom. The number of aromatic amines is 1. The molecule has 0 aliphatic heterocycles. The number of H-pyrrole nitrogens is 1. The minimum atomic E-state index is -5.45. The van der Waals surface area contributed by atoms with Crippen LogP contribution < -0.4 is 53.4 Å². The second-order valence-corrected chi connectivity index (χ2v) is 20.2. The number of carbonyl (C=O) groups excluding carboxylic acids is 11. The van der Waals surface area contributed by atoms with E-state index in [1.54, 1.807) is 0 Å². The number of nitrogens with one attached hydrogen (secondary N) is 8. The lowest BCUT2D eigenvalue weighted by Gasteiger charge is -2.27. The molecule has 0 bridgehead atoms. The third-order valence-electron chi connectivity index (χ3n) is 12.6. The highest BCUT2D eigenvalue weighted by molar-refractivity contribution is 7.80. The molecule has 8 amide bonds. The number of aliphatic carboxylic acids is 4. The van der Waals surface area contributed by atoms with E-state index in [9.17, 15) is 110 Å². The lowest BCUT2D eigenvalue weighted by molar-refractivity contribution is -0.170. The maximum atomic E-state index is 14.0. The number of nitrogens with two attached hydrogens (primary N) is 1. The zero-order valence-corrected chi connectivity index (χ0v) is 48.5. The zero-order valence-electron chi connectivity index (χ0n) is 47.6. The summed E-state index contributed by atoms with van der Waals surface area (Å²) in [5, 5.41) is 53.9. The van der Waals surface area contributed by atoms with Gasteiger partial charge in [-0.2, -0.15) is 30.8 Å². The van der Waals surface area contributed by atoms with Gasteiger partial charge in [-0.25, -0.2) is 19.6 Å². The molecule has 484 valence electrons. The lowest BCUT2D eigenvalue weighted by atomic mass is 10.0. The number of nitrogens with zero attached hydrogens (tertiary/aromatic N) is 4. The molecule has 2 heterocycles. The number of hydrogen-bond acceptors (Lipinski definition) is 21. The molecule has 0 saturated heterocycles. The summed E-state index contributed by atoms with van der Waals surface area (Å²) in [4.78, 5) is 218. The van der Waals surface area contributed by atoms with Gasteiger partial charge in [-0.3, -0.25) is 62.6 Å². The summed E-state index contributed by atoms with van der Waals surface area (Å²) in [6.07, 6.45) is -11.7. The number of ketones is 3. The van der Waals surface area contributed by atoms with Crippen LogP contribution in [0.3, 0.4) is 0 Å². The Bertz CT molecular complexity index is 3260. The molecule has 0 spiro atoms. The fourth-order valence-electron chi connectivity index (χ4n) is 7.95. The topological polar surface area (TPSA) is 522 Å². The molecule has 3 rings (SSSR count). The van der Waals surface area contributed by atoms with Crippen LogP contribution in [0.15, 0.2) is 35.3 Å². The van der Waals surface area contributed by atoms with Crippen LogP contribution in [0.4, 0.5) is 24.8 Å². The van der Waals surface area contributed by atoms with Crippen LogP contribution in [-0.4, -0.2) is 183 Å². The maximum absolute atomic E-state index is 14.0. The molecule has 0 aliphatic carbocycles. The number of carbonyl (C=O) groups is 15. The van der Waals surface area contributed by atoms with Crippen LogP contribution in [0.5, 0.6) is 0 Å². The minimum absolute atomic E-state index is 0.203. The lowest BCUT2D eigenvalue weighted by Crippen LogP contribution is -2.59. The van der Waals surface area contributed by atoms with E-state index in [0.717, 1.165) is 51.2 Å². The number of aromatic nitrogens is 4. The maximum Gasteiger partial charge on any atom is 0.471 e. The molecule has 33 nitrogen and oxygen atoms in total. The highest BCUT2D eigenvalue weighted by Gasteiger charge is 2.43. The van der Waals surface area contributed by atoms with Crippen molar-refractivity contribution in [3.63, 3.8) is 0 Å². The molecule has 7 atom stereocenters. The molecule has 0 aliphatic rings. The van der Waals surface area contributed by atoms with Gasteiger partial charge in [0, 0.05) is 55.5 Å². The first-order valence-electron chi connectivity index (χ1n) is 26.7. The van der Waals surface area contributed by atoms with Crippen LogP contribution >= 0.6 is 12.6 Å². The molecule has 2 aromatic heterocycles. The van der Waals surface area contributed by atoms with Gasteiger partial charge < -0.3 is 77.8 Å². The van der Waals surface area contributed by atoms with Crippen molar-refractivity contribution in [2.45, 2.75) is 153 Å². The Labute approximate surface area is 506 Å². The van der Waals surface area contributed by atoms with Gasteiger partial charge in [0.1, 0.15) is 59.6 Å². The SMILES string of the molecule is CC(=O)CC[C@H](NC(=O)CC[C@H](NC(=O)c1ccc(N(Cc2cnc3nc(N)[nH]c(=O)c3n2)C(=O)C(F)(F)F)cc1)C(=O)O)C(=O)N[C@H](CCC(=O)O)C(=O)N[C@@H](CCC(C)=O)C(=O)N[C@H](CCC(=O)O)C(=O)N[C@@H](CCC(C)=O)C(=O)N[C@H](CS)C(=O)O. The van der Waals surface area contributed by atoms with Crippen molar-refractivity contribution in [3.05, 3.63) is 52.1 Å². The number of rotatable bonds is 37. The first-order chi connectivity index (χ1) is 41.6. The van der Waals surface area contributed by atoms with E-state index < -0.39 is 237 Å². The molecular formula is C52H64F3N13O20S. The van der Waals surface area contributed by atoms with E-state index in [-0.39, 0.29) is 34.2 Å². The number of Topliss-reactive ketones (excluding diaryl/α,β-unsaturated/α-hetero) is 3. The van der Waals surface area contributed by atoms with Crippen molar-refractivity contribution in [2.75, 3.05) is 16.4 Å². The first kappa shape index (κ1) is 73.3. The summed E-state index contributed by atoms with van der Waals surface area (Å²) in [6, 6.07) is -8.74. The average molecular weight is 1280 g/mol. The van der Waals surface area contributed by atoms with Gasteiger partial charge in [0.05, 0.1) is 18.4 Å². The highest BCUT2D eigenvalue weighted by Crippen LogP contribution is 2.26. The second-order valence-electron chi connectivity index (χ2n) is 19.9. The average Bonchev–Trinajstić information content (AvgIpc) is 1.48. The van der Waals surface area contributed by atoms with Gasteiger partial charge >= 0.3 is 36.0 Å². The summed E-state index contributed by atoms with van der Waals surface area (Å²) in [5.74, 6) is -19.2. The second kappa shape index (κ2) is 34.4. The van der Waals surface area contributed by atoms with Crippen LogP contribution in [-0.2, 0) is 73.7 Å². The van der Waals surface area contributed by atoms with E-state index in [2.05, 4.69) is 69.8 Å². The van der Waals surface area contributed by atoms with E-state index >= 15 is 0 Å². The Morgan fingerprint density at radius 1 is 0.562 bits per heavy atom. The largest absolute Gasteiger partial charge is 0.481 e. The standard InChI is InChI=1S/C52H64F3N13O20S/c1-23(69)4-11-29(59-36(72)17-14-34(48(84)85)64-41(77)26-7-9-28(10-8-26)68(50(88)52(53,54)55)21-27-20-57-40-39(58-27)47(83)67-51(56)66-40)42(78)62-32(15-18-37(73)74)44(80)60-30(12-5-24(2)70)43(79)63-33(16-19-38(75)76)45(81)61-31(13-6-25(3)71)46(82)65-35(22-89)49(86)87/h7-10,20,29-35,89H,4-6,11-19,21-22H2,1-3H3,(H,59,72)(H,60,80)(H,61,81)(H,62,78)(H,63,79)(H,64,77)(H,65,82)(H,73,74)(H,75,76)(H,84,85)(H,86,87)(H3,56,57,66,67,83)/t29-,30-,31-,32+,33+,34-,35+/m0/s1. The number of carboxylic acids is 4. The third kappa shape index (κ3) is 24.7. The van der Waals surface area contributed by atoms with Crippen LogP contribution in [0.25, 0.3) is 11.2 Å². The van der Waals surface area contributed by atoms with Crippen molar-refractivity contribution in [3.8, 4) is 0 Å². The van der Waals surface area contributed by atoms with Crippen molar-refractivity contribution in [1.82, 2.24) is 57.2 Å². The van der Waals surface area contributed by atoms with Gasteiger partial charge in [0.15, 0.2) is 11.2 Å². The Morgan fingerprint density at radius 3 is 1.34 bits per heavy atom. The number of fused-ring (bicyclic) bond motifs is 1. The molecule has 0 radical (unpaired) electrons. The smallest absolute Gasteiger partial charge is 0.471 e. The first-order valence-corrected chi connectivity index (χ1v) is 27.3. The van der Waals surface area contributed by atoms with Gasteiger partial charge in [-0.05, 0) is 83.6 Å². The number of nitrogen functional groups attached to an aromatic ring is 1. The number of thiol groups is 1.